The highest BCUT2D eigenvalue weighted by atomic mass is 32.2. The lowest BCUT2D eigenvalue weighted by atomic mass is 9.94. The number of hydrogen-bond acceptors (Lipinski definition) is 5. The van der Waals surface area contributed by atoms with Crippen molar-refractivity contribution in [1.29, 1.82) is 0 Å². The molecule has 108 valence electrons. The van der Waals surface area contributed by atoms with E-state index in [9.17, 15) is 13.2 Å². The van der Waals surface area contributed by atoms with E-state index in [1.807, 2.05) is 18.6 Å². The molecule has 3 N–H and O–H groups in total. The largest absolute Gasteiger partial charge is 0.449 e. The molecule has 0 atom stereocenters. The van der Waals surface area contributed by atoms with Crippen LogP contribution in [0.15, 0.2) is 0 Å². The van der Waals surface area contributed by atoms with Crippen LogP contribution in [0.25, 0.3) is 0 Å². The van der Waals surface area contributed by atoms with E-state index in [1.165, 1.54) is 0 Å². The molecule has 0 fully saturated rings. The molecule has 0 aliphatic carbocycles. The summed E-state index contributed by atoms with van der Waals surface area (Å²) in [4.78, 5) is 11.2. The summed E-state index contributed by atoms with van der Waals surface area (Å²) in [7, 11) is -3.88. The number of ether oxygens (including phenoxy) is 1. The third kappa shape index (κ3) is 5.65. The van der Waals surface area contributed by atoms with Gasteiger partial charge in [-0.3, -0.25) is 0 Å². The normalized spacial score (nSPS) is 12.6. The Hall–Kier alpha value is -0.860. The van der Waals surface area contributed by atoms with Gasteiger partial charge in [0.05, 0.1) is 6.61 Å². The van der Waals surface area contributed by atoms with Crippen LogP contribution in [0.4, 0.5) is 4.79 Å². The molecule has 0 radical (unpaired) electrons. The zero-order valence-electron chi connectivity index (χ0n) is 11.4. The first-order valence-corrected chi connectivity index (χ1v) is 7.27. The van der Waals surface area contributed by atoms with Crippen molar-refractivity contribution in [3.63, 3.8) is 0 Å². The van der Waals surface area contributed by atoms with Gasteiger partial charge in [-0.1, -0.05) is 20.8 Å². The number of nitrogens with one attached hydrogen (secondary N) is 1. The Kier molecular flexibility index (Phi) is 6.58. The molecular formula is C10H23N3O4S. The number of nitrogens with two attached hydrogens (primary N) is 1. The van der Waals surface area contributed by atoms with Crippen molar-refractivity contribution in [2.45, 2.75) is 27.7 Å². The maximum Gasteiger partial charge on any atom is 0.421 e. The molecule has 0 spiro atoms. The zero-order valence-corrected chi connectivity index (χ0v) is 12.2. The fourth-order valence-electron chi connectivity index (χ4n) is 1.24. The number of nitrogens with zero attached hydrogens (tertiary/aromatic N) is 1. The number of hydrogen-bond donors (Lipinski definition) is 2. The monoisotopic (exact) mass is 281 g/mol. The van der Waals surface area contributed by atoms with Crippen LogP contribution in [0.5, 0.6) is 0 Å². The maximum absolute atomic E-state index is 11.9. The fourth-order valence-corrected chi connectivity index (χ4v) is 2.50. The highest BCUT2D eigenvalue weighted by molar-refractivity contribution is 7.87. The minimum Gasteiger partial charge on any atom is -0.449 e. The first kappa shape index (κ1) is 17.1. The Bertz CT molecular complexity index is 367. The highest BCUT2D eigenvalue weighted by Crippen LogP contribution is 2.16. The van der Waals surface area contributed by atoms with E-state index in [2.05, 4.69) is 4.74 Å². The summed E-state index contributed by atoms with van der Waals surface area (Å²) in [6, 6.07) is 0. The smallest absolute Gasteiger partial charge is 0.421 e. The number of carbonyl (C=O) groups is 1. The van der Waals surface area contributed by atoms with Gasteiger partial charge < -0.3 is 10.5 Å². The number of rotatable bonds is 7. The summed E-state index contributed by atoms with van der Waals surface area (Å²) in [5.41, 5.74) is 5.21. The standard InChI is InChI=1S/C10H23N3O4S/c1-5-13(8-10(3,4)7-11)18(15,16)12-9(14)17-6-2/h5-8,11H2,1-4H3,(H,12,14). The van der Waals surface area contributed by atoms with Gasteiger partial charge in [0.1, 0.15) is 0 Å². The van der Waals surface area contributed by atoms with Gasteiger partial charge >= 0.3 is 16.3 Å². The van der Waals surface area contributed by atoms with Crippen molar-refractivity contribution in [3.8, 4) is 0 Å². The maximum atomic E-state index is 11.9. The third-order valence-electron chi connectivity index (χ3n) is 2.34. The van der Waals surface area contributed by atoms with Gasteiger partial charge in [0.2, 0.25) is 0 Å². The first-order chi connectivity index (χ1) is 8.18. The summed E-state index contributed by atoms with van der Waals surface area (Å²) in [6.07, 6.45) is -0.971. The number of carbonyl (C=O) groups excluding carboxylic acids is 1. The van der Waals surface area contributed by atoms with Gasteiger partial charge in [-0.05, 0) is 18.9 Å². The van der Waals surface area contributed by atoms with E-state index in [0.717, 1.165) is 4.31 Å². The van der Waals surface area contributed by atoms with Gasteiger partial charge in [-0.25, -0.2) is 9.52 Å². The van der Waals surface area contributed by atoms with Crippen LogP contribution in [0.1, 0.15) is 27.7 Å². The molecule has 8 heteroatoms. The molecule has 0 aliphatic rings. The van der Waals surface area contributed by atoms with Crippen molar-refractivity contribution < 1.29 is 17.9 Å². The van der Waals surface area contributed by atoms with E-state index in [-0.39, 0.29) is 25.1 Å². The van der Waals surface area contributed by atoms with E-state index in [1.54, 1.807) is 13.8 Å². The van der Waals surface area contributed by atoms with Crippen LogP contribution in [-0.2, 0) is 14.9 Å². The van der Waals surface area contributed by atoms with E-state index < -0.39 is 16.3 Å². The van der Waals surface area contributed by atoms with E-state index >= 15 is 0 Å². The SMILES string of the molecule is CCOC(=O)NS(=O)(=O)N(CC)CC(C)(C)CN. The second-order valence-electron chi connectivity index (χ2n) is 4.62. The second kappa shape index (κ2) is 6.91. The molecule has 0 saturated heterocycles. The van der Waals surface area contributed by atoms with Crippen LogP contribution in [-0.4, -0.2) is 45.1 Å². The predicted molar refractivity (Wildman–Crippen MR) is 69.2 cm³/mol. The molecule has 1 amide bonds. The molecule has 0 bridgehead atoms. The molecule has 18 heavy (non-hydrogen) atoms. The van der Waals surface area contributed by atoms with Crippen molar-refractivity contribution in [3.05, 3.63) is 0 Å². The topological polar surface area (TPSA) is 102 Å². The Labute approximate surface area is 109 Å². The lowest BCUT2D eigenvalue weighted by Crippen LogP contribution is -2.48. The molecule has 0 heterocycles. The van der Waals surface area contributed by atoms with Gasteiger partial charge in [-0.2, -0.15) is 12.7 Å². The fraction of sp³-hybridized carbons (Fsp3) is 0.900. The quantitative estimate of drug-likeness (QED) is 0.698. The molecule has 0 aromatic carbocycles. The van der Waals surface area contributed by atoms with Crippen molar-refractivity contribution in [2.24, 2.45) is 11.1 Å². The Balaban J connectivity index is 4.78. The van der Waals surface area contributed by atoms with Crippen LogP contribution < -0.4 is 10.5 Å². The van der Waals surface area contributed by atoms with E-state index in [0.29, 0.717) is 6.54 Å². The summed E-state index contributed by atoms with van der Waals surface area (Å²) in [5, 5.41) is 0. The highest BCUT2D eigenvalue weighted by Gasteiger charge is 2.29. The Morgan fingerprint density at radius 3 is 2.33 bits per heavy atom. The lowest BCUT2D eigenvalue weighted by Gasteiger charge is -2.30. The van der Waals surface area contributed by atoms with Crippen molar-refractivity contribution in [2.75, 3.05) is 26.2 Å². The number of amides is 1. The molecular weight excluding hydrogens is 258 g/mol. The summed E-state index contributed by atoms with van der Waals surface area (Å²) in [6.45, 7) is 7.94. The Morgan fingerprint density at radius 2 is 1.94 bits per heavy atom. The second-order valence-corrected chi connectivity index (χ2v) is 6.29. The molecule has 0 unspecified atom stereocenters. The first-order valence-electron chi connectivity index (χ1n) is 5.83. The lowest BCUT2D eigenvalue weighted by molar-refractivity contribution is 0.157. The van der Waals surface area contributed by atoms with Crippen LogP contribution in [0, 0.1) is 5.41 Å². The molecule has 0 aromatic heterocycles. The molecule has 0 rings (SSSR count). The Morgan fingerprint density at radius 1 is 1.39 bits per heavy atom. The zero-order chi connectivity index (χ0) is 14.4. The minimum absolute atomic E-state index is 0.113. The van der Waals surface area contributed by atoms with Gasteiger partial charge in [-0.15, -0.1) is 0 Å². The van der Waals surface area contributed by atoms with Gasteiger partial charge in [0.15, 0.2) is 0 Å². The molecule has 0 aliphatic heterocycles. The van der Waals surface area contributed by atoms with Crippen LogP contribution >= 0.6 is 0 Å². The minimum atomic E-state index is -3.88. The predicted octanol–water partition coefficient (Wildman–Crippen LogP) is 0.284. The van der Waals surface area contributed by atoms with Crippen molar-refractivity contribution in [1.82, 2.24) is 9.03 Å². The average molecular weight is 281 g/mol. The molecule has 0 aromatic rings. The molecule has 0 saturated carbocycles. The van der Waals surface area contributed by atoms with E-state index in [4.69, 9.17) is 5.73 Å². The average Bonchev–Trinajstić information content (AvgIpc) is 2.25. The summed E-state index contributed by atoms with van der Waals surface area (Å²) < 4.78 is 31.4. The summed E-state index contributed by atoms with van der Waals surface area (Å²) >= 11 is 0. The molecule has 7 nitrogen and oxygen atoms in total. The van der Waals surface area contributed by atoms with Gasteiger partial charge in [0.25, 0.3) is 0 Å². The van der Waals surface area contributed by atoms with Crippen LogP contribution in [0.3, 0.4) is 0 Å². The van der Waals surface area contributed by atoms with Crippen LogP contribution in [0.2, 0.25) is 0 Å². The third-order valence-corrected chi connectivity index (χ3v) is 3.83. The van der Waals surface area contributed by atoms with Gasteiger partial charge in [0, 0.05) is 13.1 Å². The van der Waals surface area contributed by atoms with Crippen molar-refractivity contribution >= 4 is 16.3 Å². The summed E-state index contributed by atoms with van der Waals surface area (Å²) in [5.74, 6) is 0.